The summed E-state index contributed by atoms with van der Waals surface area (Å²) in [5, 5.41) is 9.04. The molecule has 102 valence electrons. The maximum absolute atomic E-state index is 13.2. The predicted molar refractivity (Wildman–Crippen MR) is 68.4 cm³/mol. The summed E-state index contributed by atoms with van der Waals surface area (Å²) in [4.78, 5) is 2.03. The monoisotopic (exact) mass is 257 g/mol. The van der Waals surface area contributed by atoms with Crippen molar-refractivity contribution in [3.8, 4) is 5.75 Å². The van der Waals surface area contributed by atoms with Crippen LogP contribution in [0, 0.1) is 17.0 Å². The third-order valence-electron chi connectivity index (χ3n) is 3.42. The van der Waals surface area contributed by atoms with E-state index < -0.39 is 17.4 Å². The van der Waals surface area contributed by atoms with Crippen LogP contribution in [0.2, 0.25) is 0 Å². The van der Waals surface area contributed by atoms with Gasteiger partial charge in [-0.1, -0.05) is 20.8 Å². The average molecular weight is 257 g/mol. The van der Waals surface area contributed by atoms with Gasteiger partial charge in [-0.3, -0.25) is 4.90 Å². The summed E-state index contributed by atoms with van der Waals surface area (Å²) in [5.41, 5.74) is 0.601. The Morgan fingerprint density at radius 2 is 1.67 bits per heavy atom. The molecule has 0 amide bonds. The Hall–Kier alpha value is -1.16. The number of phenols is 1. The minimum absolute atomic E-state index is 0.0861. The highest BCUT2D eigenvalue weighted by molar-refractivity contribution is 5.30. The first-order valence-corrected chi connectivity index (χ1v) is 6.00. The molecule has 1 aromatic rings. The van der Waals surface area contributed by atoms with Gasteiger partial charge in [0.2, 0.25) is 0 Å². The van der Waals surface area contributed by atoms with Crippen LogP contribution in [-0.2, 0) is 6.54 Å². The van der Waals surface area contributed by atoms with Crippen LogP contribution in [0.25, 0.3) is 0 Å². The van der Waals surface area contributed by atoms with Gasteiger partial charge in [0, 0.05) is 12.6 Å². The molecule has 1 rings (SSSR count). The minimum atomic E-state index is -0.915. The van der Waals surface area contributed by atoms with E-state index in [1.54, 1.807) is 0 Å². The third kappa shape index (κ3) is 3.42. The van der Waals surface area contributed by atoms with Gasteiger partial charge in [0.25, 0.3) is 0 Å². The fourth-order valence-corrected chi connectivity index (χ4v) is 1.80. The number of benzene rings is 1. The van der Waals surface area contributed by atoms with E-state index in [2.05, 4.69) is 27.7 Å². The second-order valence-electron chi connectivity index (χ2n) is 5.87. The van der Waals surface area contributed by atoms with Gasteiger partial charge < -0.3 is 5.11 Å². The van der Waals surface area contributed by atoms with Crippen LogP contribution < -0.4 is 0 Å². The molecular weight excluding hydrogens is 236 g/mol. The second-order valence-corrected chi connectivity index (χ2v) is 5.87. The Morgan fingerprint density at radius 3 is 2.06 bits per heavy atom. The van der Waals surface area contributed by atoms with Crippen LogP contribution in [0.4, 0.5) is 8.78 Å². The summed E-state index contributed by atoms with van der Waals surface area (Å²) in [7, 11) is 1.92. The predicted octanol–water partition coefficient (Wildman–Crippen LogP) is 3.54. The van der Waals surface area contributed by atoms with E-state index in [4.69, 9.17) is 5.11 Å². The number of aromatic hydroxyl groups is 1. The number of halogens is 2. The lowest BCUT2D eigenvalue weighted by Gasteiger charge is -2.35. The van der Waals surface area contributed by atoms with Gasteiger partial charge in [0.1, 0.15) is 0 Å². The molecule has 0 heterocycles. The fourth-order valence-electron chi connectivity index (χ4n) is 1.80. The van der Waals surface area contributed by atoms with E-state index in [1.807, 2.05) is 11.9 Å². The highest BCUT2D eigenvalue weighted by atomic mass is 19.1. The van der Waals surface area contributed by atoms with Gasteiger partial charge in [-0.25, -0.2) is 8.78 Å². The Bertz CT molecular complexity index is 403. The maximum atomic E-state index is 13.2. The Balaban J connectivity index is 2.86. The van der Waals surface area contributed by atoms with Crippen molar-refractivity contribution in [1.82, 2.24) is 4.90 Å². The van der Waals surface area contributed by atoms with E-state index in [1.165, 1.54) is 12.1 Å². The lowest BCUT2D eigenvalue weighted by molar-refractivity contribution is 0.134. The Morgan fingerprint density at radius 1 is 1.22 bits per heavy atom. The van der Waals surface area contributed by atoms with Crippen molar-refractivity contribution in [1.29, 1.82) is 0 Å². The molecule has 0 fully saturated rings. The standard InChI is InChI=1S/C14H21F2NO/c1-9(14(2,3)4)17(5)8-10-6-11(15)13(18)12(16)7-10/h6-7,9,18H,8H2,1-5H3. The zero-order valence-electron chi connectivity index (χ0n) is 11.6. The smallest absolute Gasteiger partial charge is 0.187 e. The van der Waals surface area contributed by atoms with E-state index in [9.17, 15) is 8.78 Å². The maximum Gasteiger partial charge on any atom is 0.187 e. The number of rotatable bonds is 3. The SMILES string of the molecule is CC(N(C)Cc1cc(F)c(O)c(F)c1)C(C)(C)C. The zero-order valence-corrected chi connectivity index (χ0v) is 11.6. The second kappa shape index (κ2) is 5.22. The van der Waals surface area contributed by atoms with E-state index in [0.29, 0.717) is 12.1 Å². The van der Waals surface area contributed by atoms with E-state index >= 15 is 0 Å². The summed E-state index contributed by atoms with van der Waals surface area (Å²) < 4.78 is 26.4. The van der Waals surface area contributed by atoms with Gasteiger partial charge in [0.15, 0.2) is 17.4 Å². The molecule has 0 saturated carbocycles. The van der Waals surface area contributed by atoms with E-state index in [-0.39, 0.29) is 11.5 Å². The van der Waals surface area contributed by atoms with Gasteiger partial charge in [-0.2, -0.15) is 0 Å². The lowest BCUT2D eigenvalue weighted by atomic mass is 9.87. The summed E-state index contributed by atoms with van der Waals surface area (Å²) in [6.45, 7) is 8.87. The van der Waals surface area contributed by atoms with Crippen molar-refractivity contribution < 1.29 is 13.9 Å². The van der Waals surface area contributed by atoms with Crippen molar-refractivity contribution in [3.05, 3.63) is 29.3 Å². The molecule has 1 unspecified atom stereocenters. The third-order valence-corrected chi connectivity index (χ3v) is 3.42. The first kappa shape index (κ1) is 14.9. The molecule has 1 atom stereocenters. The first-order valence-electron chi connectivity index (χ1n) is 6.00. The molecule has 2 nitrogen and oxygen atoms in total. The number of nitrogens with zero attached hydrogens (tertiary/aromatic N) is 1. The fraction of sp³-hybridized carbons (Fsp3) is 0.571. The zero-order chi connectivity index (χ0) is 14.1. The summed E-state index contributed by atoms with van der Waals surface area (Å²) >= 11 is 0. The number of hydrogen-bond donors (Lipinski definition) is 1. The van der Waals surface area contributed by atoms with Gasteiger partial charge in [-0.15, -0.1) is 0 Å². The highest BCUT2D eigenvalue weighted by Gasteiger charge is 2.24. The van der Waals surface area contributed by atoms with Gasteiger partial charge >= 0.3 is 0 Å². The van der Waals surface area contributed by atoms with Crippen LogP contribution in [0.1, 0.15) is 33.3 Å². The molecule has 18 heavy (non-hydrogen) atoms. The summed E-state index contributed by atoms with van der Waals surface area (Å²) in [6.07, 6.45) is 0. The van der Waals surface area contributed by atoms with Crippen molar-refractivity contribution in [3.63, 3.8) is 0 Å². The molecule has 0 saturated heterocycles. The summed E-state index contributed by atoms with van der Waals surface area (Å²) in [5.74, 6) is -2.74. The van der Waals surface area contributed by atoms with Crippen LogP contribution in [-0.4, -0.2) is 23.1 Å². The summed E-state index contributed by atoms with van der Waals surface area (Å²) in [6, 6.07) is 2.60. The average Bonchev–Trinajstić information content (AvgIpc) is 2.23. The van der Waals surface area contributed by atoms with Gasteiger partial charge in [0.05, 0.1) is 0 Å². The van der Waals surface area contributed by atoms with E-state index in [0.717, 1.165) is 0 Å². The molecule has 1 N–H and O–H groups in total. The lowest BCUT2D eigenvalue weighted by Crippen LogP contribution is -2.38. The van der Waals surface area contributed by atoms with Crippen LogP contribution >= 0.6 is 0 Å². The molecule has 0 bridgehead atoms. The van der Waals surface area contributed by atoms with Crippen LogP contribution in [0.15, 0.2) is 12.1 Å². The van der Waals surface area contributed by atoms with Crippen LogP contribution in [0.5, 0.6) is 5.75 Å². The number of hydrogen-bond acceptors (Lipinski definition) is 2. The molecule has 0 aromatic heterocycles. The van der Waals surface area contributed by atoms with Crippen LogP contribution in [0.3, 0.4) is 0 Å². The minimum Gasteiger partial charge on any atom is -0.503 e. The molecule has 0 aliphatic heterocycles. The Kier molecular flexibility index (Phi) is 4.32. The van der Waals surface area contributed by atoms with Crippen molar-refractivity contribution in [2.75, 3.05) is 7.05 Å². The molecule has 4 heteroatoms. The Labute approximate surface area is 107 Å². The normalized spacial score (nSPS) is 14.0. The van der Waals surface area contributed by atoms with Crippen molar-refractivity contribution in [2.45, 2.75) is 40.3 Å². The van der Waals surface area contributed by atoms with Gasteiger partial charge in [-0.05, 0) is 37.1 Å². The topological polar surface area (TPSA) is 23.5 Å². The highest BCUT2D eigenvalue weighted by Crippen LogP contribution is 2.26. The van der Waals surface area contributed by atoms with Crippen molar-refractivity contribution >= 4 is 0 Å². The largest absolute Gasteiger partial charge is 0.503 e. The molecular formula is C14H21F2NO. The van der Waals surface area contributed by atoms with Crippen molar-refractivity contribution in [2.24, 2.45) is 5.41 Å². The number of phenolic OH excluding ortho intramolecular Hbond substituents is 1. The first-order chi connectivity index (χ1) is 8.12. The quantitative estimate of drug-likeness (QED) is 0.895. The molecule has 0 radical (unpaired) electrons. The molecule has 0 spiro atoms. The molecule has 0 aliphatic carbocycles. The molecule has 0 aliphatic rings. The molecule has 1 aromatic carbocycles.